The van der Waals surface area contributed by atoms with Crippen LogP contribution in [0.2, 0.25) is 0 Å². The minimum Gasteiger partial charge on any atom is -0.465 e. The van der Waals surface area contributed by atoms with Crippen molar-refractivity contribution in [2.45, 2.75) is 51.2 Å². The number of likely N-dealkylation sites (N-methyl/N-ethyl adjacent to an activating group) is 1. The van der Waals surface area contributed by atoms with Gasteiger partial charge in [-0.05, 0) is 51.8 Å². The number of hydrogen-bond acceptors (Lipinski definition) is 6. The fourth-order valence-electron chi connectivity index (χ4n) is 4.37. The van der Waals surface area contributed by atoms with Gasteiger partial charge < -0.3 is 9.15 Å². The Morgan fingerprint density at radius 1 is 1.14 bits per heavy atom. The van der Waals surface area contributed by atoms with Crippen LogP contribution < -0.4 is 0 Å². The van der Waals surface area contributed by atoms with Gasteiger partial charge in [0.05, 0.1) is 12.8 Å². The van der Waals surface area contributed by atoms with Gasteiger partial charge in [-0.1, -0.05) is 0 Å². The third kappa shape index (κ3) is 6.03. The third-order valence-electron chi connectivity index (χ3n) is 5.92. The highest BCUT2D eigenvalue weighted by atomic mass is 32.2. The summed E-state index contributed by atoms with van der Waals surface area (Å²) >= 11 is 0. The van der Waals surface area contributed by atoms with Crippen molar-refractivity contribution in [3.8, 4) is 0 Å². The number of piperidine rings is 1. The van der Waals surface area contributed by atoms with Crippen molar-refractivity contribution < 1.29 is 17.6 Å². The van der Waals surface area contributed by atoms with Gasteiger partial charge >= 0.3 is 0 Å². The average Bonchev–Trinajstić information content (AvgIpc) is 3.07. The van der Waals surface area contributed by atoms with Crippen LogP contribution in [0.1, 0.15) is 37.2 Å². The molecule has 3 rings (SSSR count). The van der Waals surface area contributed by atoms with Crippen LogP contribution in [0, 0.1) is 6.92 Å². The van der Waals surface area contributed by atoms with Crippen LogP contribution in [-0.4, -0.2) is 87.3 Å². The monoisotopic (exact) mass is 413 g/mol. The molecule has 2 fully saturated rings. The standard InChI is InChI=1S/C20H35N3O4S/c1-17-6-7-20(27-17)16-21(2)11-12-23(18-8-13-26-14-9-18)19-5-4-10-22(15-19)28(3,24)25/h6-7,18-19H,4-5,8-16H2,1-3H3. The molecule has 1 atom stereocenters. The van der Waals surface area contributed by atoms with E-state index in [0.717, 1.165) is 70.1 Å². The first-order valence-corrected chi connectivity index (χ1v) is 12.2. The van der Waals surface area contributed by atoms with E-state index in [1.165, 1.54) is 6.26 Å². The smallest absolute Gasteiger partial charge is 0.211 e. The molecule has 7 nitrogen and oxygen atoms in total. The molecule has 0 aromatic carbocycles. The molecule has 28 heavy (non-hydrogen) atoms. The summed E-state index contributed by atoms with van der Waals surface area (Å²) in [4.78, 5) is 4.84. The summed E-state index contributed by atoms with van der Waals surface area (Å²) in [7, 11) is -1.02. The SMILES string of the molecule is Cc1ccc(CN(C)CCN(C2CCOCC2)C2CCCN(S(C)(=O)=O)C2)o1. The van der Waals surface area contributed by atoms with Crippen molar-refractivity contribution in [1.82, 2.24) is 14.1 Å². The molecule has 0 bridgehead atoms. The number of sulfonamides is 1. The number of nitrogens with zero attached hydrogens (tertiary/aromatic N) is 3. The lowest BCUT2D eigenvalue weighted by Crippen LogP contribution is -2.55. The molecule has 3 heterocycles. The van der Waals surface area contributed by atoms with Gasteiger partial charge in [0.1, 0.15) is 11.5 Å². The van der Waals surface area contributed by atoms with Gasteiger partial charge in [0.15, 0.2) is 0 Å². The van der Waals surface area contributed by atoms with Crippen molar-refractivity contribution in [2.75, 3.05) is 52.7 Å². The molecule has 0 amide bonds. The molecule has 0 N–H and O–H groups in total. The molecule has 2 aliphatic rings. The molecule has 2 aliphatic heterocycles. The van der Waals surface area contributed by atoms with Crippen LogP contribution in [0.3, 0.4) is 0 Å². The highest BCUT2D eigenvalue weighted by molar-refractivity contribution is 7.88. The van der Waals surface area contributed by atoms with Gasteiger partial charge in [-0.3, -0.25) is 9.80 Å². The Kier molecular flexibility index (Phi) is 7.55. The fraction of sp³-hybridized carbons (Fsp3) is 0.800. The van der Waals surface area contributed by atoms with Gasteiger partial charge in [-0.15, -0.1) is 0 Å². The zero-order valence-electron chi connectivity index (χ0n) is 17.5. The van der Waals surface area contributed by atoms with Crippen LogP contribution in [0.4, 0.5) is 0 Å². The molecule has 2 saturated heterocycles. The molecule has 0 radical (unpaired) electrons. The maximum Gasteiger partial charge on any atom is 0.211 e. The van der Waals surface area contributed by atoms with E-state index in [2.05, 4.69) is 16.8 Å². The van der Waals surface area contributed by atoms with Gasteiger partial charge in [-0.2, -0.15) is 0 Å². The lowest BCUT2D eigenvalue weighted by Gasteiger charge is -2.44. The second-order valence-corrected chi connectivity index (χ2v) is 10.2. The Bertz CT molecular complexity index is 715. The Balaban J connectivity index is 1.63. The number of hydrogen-bond donors (Lipinski definition) is 0. The van der Waals surface area contributed by atoms with Crippen molar-refractivity contribution in [3.63, 3.8) is 0 Å². The molecular formula is C20H35N3O4S. The normalized spacial score (nSPS) is 23.0. The first kappa shape index (κ1) is 21.8. The zero-order valence-corrected chi connectivity index (χ0v) is 18.3. The third-order valence-corrected chi connectivity index (χ3v) is 7.19. The molecule has 1 unspecified atom stereocenters. The molecular weight excluding hydrogens is 378 g/mol. The number of furan rings is 1. The Labute approximate surface area is 169 Å². The average molecular weight is 414 g/mol. The van der Waals surface area contributed by atoms with E-state index in [1.54, 1.807) is 4.31 Å². The number of ether oxygens (including phenoxy) is 1. The predicted molar refractivity (Wildman–Crippen MR) is 110 cm³/mol. The highest BCUT2D eigenvalue weighted by Gasteiger charge is 2.33. The van der Waals surface area contributed by atoms with E-state index in [4.69, 9.17) is 9.15 Å². The van der Waals surface area contributed by atoms with Crippen molar-refractivity contribution in [2.24, 2.45) is 0 Å². The summed E-state index contributed by atoms with van der Waals surface area (Å²) in [5.41, 5.74) is 0. The summed E-state index contributed by atoms with van der Waals surface area (Å²) in [5, 5.41) is 0. The molecule has 1 aromatic heterocycles. The van der Waals surface area contributed by atoms with Gasteiger partial charge in [0.25, 0.3) is 0 Å². The zero-order chi connectivity index (χ0) is 20.1. The van der Waals surface area contributed by atoms with Crippen LogP contribution in [0.15, 0.2) is 16.5 Å². The van der Waals surface area contributed by atoms with E-state index in [-0.39, 0.29) is 6.04 Å². The maximum atomic E-state index is 12.1. The molecule has 0 saturated carbocycles. The summed E-state index contributed by atoms with van der Waals surface area (Å²) in [6.07, 6.45) is 5.36. The molecule has 160 valence electrons. The van der Waals surface area contributed by atoms with Crippen LogP contribution in [-0.2, 0) is 21.3 Å². The summed E-state index contributed by atoms with van der Waals surface area (Å²) in [6, 6.07) is 4.79. The summed E-state index contributed by atoms with van der Waals surface area (Å²) in [5.74, 6) is 1.92. The topological polar surface area (TPSA) is 66.2 Å². The second-order valence-electron chi connectivity index (χ2n) is 8.25. The molecule has 0 aliphatic carbocycles. The predicted octanol–water partition coefficient (Wildman–Crippen LogP) is 1.92. The van der Waals surface area contributed by atoms with Crippen molar-refractivity contribution in [3.05, 3.63) is 23.7 Å². The Hall–Kier alpha value is -0.930. The van der Waals surface area contributed by atoms with E-state index in [0.29, 0.717) is 19.1 Å². The van der Waals surface area contributed by atoms with Crippen molar-refractivity contribution >= 4 is 10.0 Å². The lowest BCUT2D eigenvalue weighted by atomic mass is 9.99. The van der Waals surface area contributed by atoms with Crippen LogP contribution >= 0.6 is 0 Å². The lowest BCUT2D eigenvalue weighted by molar-refractivity contribution is 0.00256. The Morgan fingerprint density at radius 3 is 2.54 bits per heavy atom. The molecule has 0 spiro atoms. The van der Waals surface area contributed by atoms with Crippen LogP contribution in [0.25, 0.3) is 0 Å². The minimum atomic E-state index is -3.13. The maximum absolute atomic E-state index is 12.1. The first-order chi connectivity index (χ1) is 13.3. The molecule has 1 aromatic rings. The van der Waals surface area contributed by atoms with E-state index >= 15 is 0 Å². The quantitative estimate of drug-likeness (QED) is 0.649. The van der Waals surface area contributed by atoms with Crippen LogP contribution in [0.5, 0.6) is 0 Å². The second kappa shape index (κ2) is 9.71. The molecule has 8 heteroatoms. The van der Waals surface area contributed by atoms with Gasteiger partial charge in [0, 0.05) is 51.5 Å². The van der Waals surface area contributed by atoms with Gasteiger partial charge in [-0.25, -0.2) is 12.7 Å². The first-order valence-electron chi connectivity index (χ1n) is 10.4. The highest BCUT2D eigenvalue weighted by Crippen LogP contribution is 2.24. The largest absolute Gasteiger partial charge is 0.465 e. The fourth-order valence-corrected chi connectivity index (χ4v) is 5.28. The van der Waals surface area contributed by atoms with Crippen molar-refractivity contribution in [1.29, 1.82) is 0 Å². The Morgan fingerprint density at radius 2 is 1.89 bits per heavy atom. The van der Waals surface area contributed by atoms with E-state index < -0.39 is 10.0 Å². The van der Waals surface area contributed by atoms with E-state index in [9.17, 15) is 8.42 Å². The van der Waals surface area contributed by atoms with E-state index in [1.807, 2.05) is 19.1 Å². The summed E-state index contributed by atoms with van der Waals surface area (Å²) < 4.78 is 37.1. The summed E-state index contributed by atoms with van der Waals surface area (Å²) in [6.45, 7) is 7.46. The van der Waals surface area contributed by atoms with Gasteiger partial charge in [0.2, 0.25) is 10.0 Å². The number of aryl methyl sites for hydroxylation is 1. The number of rotatable bonds is 8. The minimum absolute atomic E-state index is 0.283.